The first-order valence-electron chi connectivity index (χ1n) is 9.10. The molecule has 2 aliphatic rings. The van der Waals surface area contributed by atoms with E-state index in [-0.39, 0.29) is 22.9 Å². The van der Waals surface area contributed by atoms with Gasteiger partial charge in [0.15, 0.2) is 0 Å². The summed E-state index contributed by atoms with van der Waals surface area (Å²) in [5.41, 5.74) is 6.08. The number of hydrogen-bond acceptors (Lipinski definition) is 3. The number of carbonyl (C=O) groups is 2. The molecule has 0 bridgehead atoms. The van der Waals surface area contributed by atoms with Crippen molar-refractivity contribution < 1.29 is 14.0 Å². The number of carbonyl (C=O) groups excluding carboxylic acids is 2. The Bertz CT molecular complexity index is 643. The van der Waals surface area contributed by atoms with E-state index in [4.69, 9.17) is 5.73 Å². The number of anilines is 1. The molecule has 25 heavy (non-hydrogen) atoms. The Balaban J connectivity index is 1.61. The van der Waals surface area contributed by atoms with Gasteiger partial charge < -0.3 is 16.0 Å². The molecule has 1 aromatic carbocycles. The van der Waals surface area contributed by atoms with Gasteiger partial charge in [-0.15, -0.1) is 0 Å². The summed E-state index contributed by atoms with van der Waals surface area (Å²) < 4.78 is 13.9. The van der Waals surface area contributed by atoms with Crippen molar-refractivity contribution in [3.63, 3.8) is 0 Å². The van der Waals surface area contributed by atoms with Gasteiger partial charge >= 0.3 is 0 Å². The Morgan fingerprint density at radius 1 is 1.28 bits per heavy atom. The van der Waals surface area contributed by atoms with Crippen LogP contribution in [0.25, 0.3) is 0 Å². The van der Waals surface area contributed by atoms with Gasteiger partial charge in [0.05, 0.1) is 5.69 Å². The number of nitrogens with two attached hydrogens (primary N) is 1. The number of nitrogens with one attached hydrogen (secondary N) is 1. The SMILES string of the molecule is NCC1(CC(=O)NC2CCN(c3ccccc3F)C2=O)CCCCC1. The maximum absolute atomic E-state index is 13.9. The maximum atomic E-state index is 13.9. The fourth-order valence-electron chi connectivity index (χ4n) is 4.06. The molecule has 0 radical (unpaired) electrons. The number of amides is 2. The highest BCUT2D eigenvalue weighted by Gasteiger charge is 2.37. The van der Waals surface area contributed by atoms with Gasteiger partial charge in [-0.1, -0.05) is 31.4 Å². The Morgan fingerprint density at radius 3 is 2.68 bits per heavy atom. The standard InChI is InChI=1S/C19H26FN3O2/c20-14-6-2-3-7-16(14)23-11-8-15(18(23)25)22-17(24)12-19(13-21)9-4-1-5-10-19/h2-3,6-7,15H,1,4-5,8-13,21H2,(H,22,24). The zero-order valence-corrected chi connectivity index (χ0v) is 14.5. The first-order chi connectivity index (χ1) is 12.0. The number of rotatable bonds is 5. The van der Waals surface area contributed by atoms with Crippen LogP contribution in [-0.4, -0.2) is 30.9 Å². The summed E-state index contributed by atoms with van der Waals surface area (Å²) in [6, 6.07) is 5.64. The summed E-state index contributed by atoms with van der Waals surface area (Å²) in [5, 5.41) is 2.85. The molecule has 1 heterocycles. The summed E-state index contributed by atoms with van der Waals surface area (Å²) in [4.78, 5) is 26.4. The van der Waals surface area contributed by atoms with E-state index < -0.39 is 11.9 Å². The normalized spacial score (nSPS) is 22.9. The van der Waals surface area contributed by atoms with Crippen LogP contribution in [0, 0.1) is 11.2 Å². The minimum atomic E-state index is -0.578. The van der Waals surface area contributed by atoms with E-state index in [9.17, 15) is 14.0 Å². The van der Waals surface area contributed by atoms with Crippen LogP contribution in [0.15, 0.2) is 24.3 Å². The minimum absolute atomic E-state index is 0.124. The fourth-order valence-corrected chi connectivity index (χ4v) is 4.06. The van der Waals surface area contributed by atoms with Crippen LogP contribution in [0.1, 0.15) is 44.9 Å². The van der Waals surface area contributed by atoms with Crippen molar-refractivity contribution in [2.75, 3.05) is 18.0 Å². The summed E-state index contributed by atoms with van der Waals surface area (Å²) in [7, 11) is 0. The second-order valence-corrected chi connectivity index (χ2v) is 7.29. The molecule has 1 atom stereocenters. The van der Waals surface area contributed by atoms with Crippen LogP contribution in [0.4, 0.5) is 10.1 Å². The van der Waals surface area contributed by atoms with Gasteiger partial charge in [-0.05, 0) is 43.4 Å². The molecule has 2 amide bonds. The lowest BCUT2D eigenvalue weighted by Crippen LogP contribution is -2.45. The van der Waals surface area contributed by atoms with Crippen LogP contribution in [0.5, 0.6) is 0 Å². The topological polar surface area (TPSA) is 75.4 Å². The molecular weight excluding hydrogens is 321 g/mol. The van der Waals surface area contributed by atoms with Gasteiger partial charge in [-0.25, -0.2) is 4.39 Å². The van der Waals surface area contributed by atoms with Crippen molar-refractivity contribution in [3.8, 4) is 0 Å². The molecule has 136 valence electrons. The van der Waals surface area contributed by atoms with Crippen molar-refractivity contribution in [2.45, 2.75) is 51.0 Å². The van der Waals surface area contributed by atoms with Gasteiger partial charge in [0.1, 0.15) is 11.9 Å². The van der Waals surface area contributed by atoms with Crippen molar-refractivity contribution >= 4 is 17.5 Å². The van der Waals surface area contributed by atoms with Crippen molar-refractivity contribution in [1.82, 2.24) is 5.32 Å². The zero-order valence-electron chi connectivity index (χ0n) is 14.5. The van der Waals surface area contributed by atoms with Crippen LogP contribution < -0.4 is 16.0 Å². The van der Waals surface area contributed by atoms with E-state index >= 15 is 0 Å². The third kappa shape index (κ3) is 3.84. The number of hydrogen-bond donors (Lipinski definition) is 2. The van der Waals surface area contributed by atoms with Gasteiger partial charge in [0.2, 0.25) is 11.8 Å². The number of nitrogens with zero attached hydrogens (tertiary/aromatic N) is 1. The Morgan fingerprint density at radius 2 is 2.00 bits per heavy atom. The lowest BCUT2D eigenvalue weighted by Gasteiger charge is -2.35. The fraction of sp³-hybridized carbons (Fsp3) is 0.579. The zero-order chi connectivity index (χ0) is 17.9. The van der Waals surface area contributed by atoms with Crippen molar-refractivity contribution in [2.24, 2.45) is 11.1 Å². The highest BCUT2D eigenvalue weighted by Crippen LogP contribution is 2.38. The van der Waals surface area contributed by atoms with E-state index in [0.717, 1.165) is 25.7 Å². The average Bonchev–Trinajstić information content (AvgIpc) is 2.96. The molecule has 1 aliphatic heterocycles. The second-order valence-electron chi connectivity index (χ2n) is 7.29. The van der Waals surface area contributed by atoms with E-state index in [0.29, 0.717) is 25.9 Å². The van der Waals surface area contributed by atoms with E-state index in [1.165, 1.54) is 17.4 Å². The largest absolute Gasteiger partial charge is 0.344 e. The smallest absolute Gasteiger partial charge is 0.249 e. The highest BCUT2D eigenvalue weighted by atomic mass is 19.1. The molecule has 1 aromatic rings. The first kappa shape index (κ1) is 17.9. The molecule has 6 heteroatoms. The van der Waals surface area contributed by atoms with Gasteiger partial charge in [0.25, 0.3) is 0 Å². The summed E-state index contributed by atoms with van der Waals surface area (Å²) in [6.45, 7) is 0.910. The van der Waals surface area contributed by atoms with E-state index in [2.05, 4.69) is 5.32 Å². The van der Waals surface area contributed by atoms with Gasteiger partial charge in [-0.2, -0.15) is 0 Å². The molecule has 5 nitrogen and oxygen atoms in total. The maximum Gasteiger partial charge on any atom is 0.249 e. The predicted molar refractivity (Wildman–Crippen MR) is 94.5 cm³/mol. The van der Waals surface area contributed by atoms with Crippen LogP contribution in [-0.2, 0) is 9.59 Å². The quantitative estimate of drug-likeness (QED) is 0.858. The van der Waals surface area contributed by atoms with E-state index in [1.807, 2.05) is 0 Å². The number of halogens is 1. The Labute approximate surface area is 147 Å². The van der Waals surface area contributed by atoms with Crippen LogP contribution >= 0.6 is 0 Å². The average molecular weight is 347 g/mol. The summed E-state index contributed by atoms with van der Waals surface area (Å²) >= 11 is 0. The van der Waals surface area contributed by atoms with E-state index in [1.54, 1.807) is 18.2 Å². The lowest BCUT2D eigenvalue weighted by atomic mass is 9.71. The summed E-state index contributed by atoms with van der Waals surface area (Å²) in [6.07, 6.45) is 6.21. The van der Waals surface area contributed by atoms with Crippen LogP contribution in [0.3, 0.4) is 0 Å². The third-order valence-electron chi connectivity index (χ3n) is 5.57. The number of para-hydroxylation sites is 1. The molecule has 1 saturated heterocycles. The van der Waals surface area contributed by atoms with Gasteiger partial charge in [-0.3, -0.25) is 9.59 Å². The monoisotopic (exact) mass is 347 g/mol. The second kappa shape index (κ2) is 7.52. The Kier molecular flexibility index (Phi) is 5.37. The molecule has 0 aromatic heterocycles. The lowest BCUT2D eigenvalue weighted by molar-refractivity contribution is -0.128. The Hall–Kier alpha value is -1.95. The summed E-state index contributed by atoms with van der Waals surface area (Å²) in [5.74, 6) is -0.794. The van der Waals surface area contributed by atoms with Crippen molar-refractivity contribution in [3.05, 3.63) is 30.1 Å². The predicted octanol–water partition coefficient (Wildman–Crippen LogP) is 2.35. The molecule has 1 saturated carbocycles. The molecule has 3 N–H and O–H groups in total. The molecule has 0 spiro atoms. The van der Waals surface area contributed by atoms with Gasteiger partial charge in [0, 0.05) is 13.0 Å². The molecular formula is C19H26FN3O2. The molecule has 1 aliphatic carbocycles. The number of benzene rings is 1. The third-order valence-corrected chi connectivity index (χ3v) is 5.57. The first-order valence-corrected chi connectivity index (χ1v) is 9.10. The van der Waals surface area contributed by atoms with Crippen LogP contribution in [0.2, 0.25) is 0 Å². The minimum Gasteiger partial charge on any atom is -0.344 e. The highest BCUT2D eigenvalue weighted by molar-refractivity contribution is 6.01. The molecule has 2 fully saturated rings. The molecule has 3 rings (SSSR count). The van der Waals surface area contributed by atoms with Crippen molar-refractivity contribution in [1.29, 1.82) is 0 Å². The molecule has 1 unspecified atom stereocenters.